The fourth-order valence-electron chi connectivity index (χ4n) is 8.11. The van der Waals surface area contributed by atoms with E-state index in [-0.39, 0.29) is 30.8 Å². The molecule has 2 aliphatic heterocycles. The van der Waals surface area contributed by atoms with Crippen LogP contribution in [0.15, 0.2) is 102 Å². The molecule has 13 heteroatoms. The van der Waals surface area contributed by atoms with Crippen molar-refractivity contribution in [1.29, 1.82) is 0 Å². The van der Waals surface area contributed by atoms with E-state index in [9.17, 15) is 14.4 Å². The van der Waals surface area contributed by atoms with Crippen molar-refractivity contribution < 1.29 is 38.1 Å². The van der Waals surface area contributed by atoms with Gasteiger partial charge in [-0.15, -0.1) is 0 Å². The summed E-state index contributed by atoms with van der Waals surface area (Å²) < 4.78 is 29.7. The minimum atomic E-state index is -0.579. The van der Waals surface area contributed by atoms with E-state index in [2.05, 4.69) is 22.3 Å². The van der Waals surface area contributed by atoms with Crippen LogP contribution in [0.3, 0.4) is 0 Å². The van der Waals surface area contributed by atoms with E-state index in [1.807, 2.05) is 100 Å². The highest BCUT2D eigenvalue weighted by atomic mass is 16.6. The van der Waals surface area contributed by atoms with E-state index in [0.717, 1.165) is 71.4 Å². The number of anilines is 4. The molecule has 2 heterocycles. The number of likely N-dealkylation sites (N-methyl/N-ethyl adjacent to an activating group) is 1. The summed E-state index contributed by atoms with van der Waals surface area (Å²) in [4.78, 5) is 48.8. The predicted molar refractivity (Wildman–Crippen MR) is 247 cm³/mol. The molecule has 5 aromatic rings. The maximum absolute atomic E-state index is 14.1. The van der Waals surface area contributed by atoms with Gasteiger partial charge in [0, 0.05) is 68.0 Å². The van der Waals surface area contributed by atoms with E-state index in [1.54, 1.807) is 24.1 Å². The third-order valence-electron chi connectivity index (χ3n) is 11.7. The number of hydrogen-bond acceptors (Lipinski definition) is 11. The van der Waals surface area contributed by atoms with Gasteiger partial charge in [0.1, 0.15) is 6.61 Å². The fraction of sp³-hybridized carbons (Fsp3) is 0.320. The van der Waals surface area contributed by atoms with Crippen molar-refractivity contribution in [3.63, 3.8) is 0 Å². The van der Waals surface area contributed by atoms with Gasteiger partial charge in [0.2, 0.25) is 6.41 Å². The van der Waals surface area contributed by atoms with Crippen molar-refractivity contribution in [2.75, 3.05) is 68.1 Å². The molecule has 0 spiro atoms. The Morgan fingerprint density at radius 1 is 0.810 bits per heavy atom. The van der Waals surface area contributed by atoms with Crippen LogP contribution in [0.1, 0.15) is 51.9 Å². The molecule has 328 valence electrons. The Kier molecular flexibility index (Phi) is 14.5. The molecule has 1 unspecified atom stereocenters. The first kappa shape index (κ1) is 44.0. The van der Waals surface area contributed by atoms with Crippen LogP contribution < -0.4 is 39.0 Å². The molecule has 2 aliphatic rings. The molecule has 63 heavy (non-hydrogen) atoms. The Morgan fingerprint density at radius 2 is 1.46 bits per heavy atom. The topological polar surface area (TPSA) is 131 Å². The second kappa shape index (κ2) is 20.7. The largest absolute Gasteiger partial charge is 0.493 e. The molecular formula is C50H55N5O8. The first-order chi connectivity index (χ1) is 30.7. The summed E-state index contributed by atoms with van der Waals surface area (Å²) in [6.07, 6.45) is 6.50. The van der Waals surface area contributed by atoms with Crippen molar-refractivity contribution >= 4 is 53.4 Å². The van der Waals surface area contributed by atoms with E-state index in [4.69, 9.17) is 28.7 Å². The molecule has 0 radical (unpaired) electrons. The number of para-hydroxylation sites is 2. The van der Waals surface area contributed by atoms with Gasteiger partial charge in [0.25, 0.3) is 0 Å². The smallest absolute Gasteiger partial charge is 0.414 e. The monoisotopic (exact) mass is 853 g/mol. The van der Waals surface area contributed by atoms with Crippen LogP contribution >= 0.6 is 0 Å². The molecule has 2 atom stereocenters. The molecule has 0 saturated heterocycles. The minimum absolute atomic E-state index is 0.0584. The van der Waals surface area contributed by atoms with Crippen molar-refractivity contribution in [3.8, 4) is 23.0 Å². The van der Waals surface area contributed by atoms with E-state index < -0.39 is 6.09 Å². The molecule has 1 N–H and O–H groups in total. The number of nitrogens with zero attached hydrogens (tertiary/aromatic N) is 4. The maximum atomic E-state index is 14.1. The number of nitrogens with one attached hydrogen (secondary N) is 1. The van der Waals surface area contributed by atoms with Gasteiger partial charge >= 0.3 is 6.09 Å². The Labute approximate surface area is 369 Å². The van der Waals surface area contributed by atoms with Crippen molar-refractivity contribution in [2.45, 2.75) is 57.7 Å². The third-order valence-corrected chi connectivity index (χ3v) is 11.7. The molecule has 5 aromatic carbocycles. The van der Waals surface area contributed by atoms with Crippen LogP contribution in [-0.4, -0.2) is 85.2 Å². The van der Waals surface area contributed by atoms with E-state index in [1.165, 1.54) is 17.6 Å². The van der Waals surface area contributed by atoms with Crippen molar-refractivity contribution in [1.82, 2.24) is 0 Å². The molecule has 0 fully saturated rings. The van der Waals surface area contributed by atoms with Crippen LogP contribution in [-0.2, 0) is 29.0 Å². The van der Waals surface area contributed by atoms with Gasteiger partial charge in [0.15, 0.2) is 29.3 Å². The number of fused-ring (bicyclic) bond motifs is 2. The summed E-state index contributed by atoms with van der Waals surface area (Å²) in [5.41, 5.74) is 8.41. The van der Waals surface area contributed by atoms with Crippen LogP contribution in [0.4, 0.5) is 33.2 Å². The van der Waals surface area contributed by atoms with Gasteiger partial charge in [-0.1, -0.05) is 48.5 Å². The number of hydrogen-bond donors (Lipinski definition) is 1. The lowest BCUT2D eigenvalue weighted by atomic mass is 10.1. The average molecular weight is 854 g/mol. The summed E-state index contributed by atoms with van der Waals surface area (Å²) in [5.74, 6) is 2.00. The zero-order chi connectivity index (χ0) is 44.3. The van der Waals surface area contributed by atoms with Crippen LogP contribution in [0.25, 0.3) is 0 Å². The molecule has 0 aliphatic carbocycles. The molecule has 0 aromatic heterocycles. The highest BCUT2D eigenvalue weighted by Gasteiger charge is 2.33. The number of amides is 2. The highest BCUT2D eigenvalue weighted by molar-refractivity contribution is 5.96. The molecule has 0 saturated carbocycles. The number of aryl methyl sites for hydroxylation is 1. The predicted octanol–water partition coefficient (Wildman–Crippen LogP) is 8.99. The van der Waals surface area contributed by atoms with Gasteiger partial charge in [0.05, 0.1) is 50.9 Å². The first-order valence-electron chi connectivity index (χ1n) is 21.2. The Morgan fingerprint density at radius 3 is 2.11 bits per heavy atom. The number of aliphatic imine (C=N–C) groups is 1. The average Bonchev–Trinajstić information content (AvgIpc) is 3.84. The minimum Gasteiger partial charge on any atom is -0.493 e. The number of ether oxygens (including phenoxy) is 5. The van der Waals surface area contributed by atoms with Crippen LogP contribution in [0.2, 0.25) is 0 Å². The van der Waals surface area contributed by atoms with Gasteiger partial charge in [-0.25, -0.2) is 4.79 Å². The summed E-state index contributed by atoms with van der Waals surface area (Å²) in [6, 6.07) is 30.6. The second-order valence-electron chi connectivity index (χ2n) is 15.6. The molecule has 2 amide bonds. The van der Waals surface area contributed by atoms with Gasteiger partial charge in [-0.2, -0.15) is 0 Å². The first-order valence-corrected chi connectivity index (χ1v) is 21.2. The lowest BCUT2D eigenvalue weighted by Gasteiger charge is -2.31. The standard InChI is InChI=1S/C50H55N5O8/c1-34-23-46(59-4)48(27-42(34)52-29-40-24-37-14-8-10-16-44(37)55(40)33-57)61-21-11-6-12-22-62-49-28-45(38(31-56)26-47(49)60-5)54(30-41-25-36-13-7-9-15-43(36)53(41)3)50(58)63-32-35-17-19-39(51-2)20-18-35/h7-10,13-20,23,26-29,31,33,40-41,51H,6,11-12,21-22,24-25,30,32H2,1-5H3/t40-,41?/m0/s1. The number of rotatable bonds is 20. The Hall–Kier alpha value is -7.02. The van der Waals surface area contributed by atoms with Gasteiger partial charge < -0.3 is 38.8 Å². The number of carbonyl (C=O) groups excluding carboxylic acids is 3. The summed E-state index contributed by atoms with van der Waals surface area (Å²) >= 11 is 0. The Balaban J connectivity index is 0.986. The quantitative estimate of drug-likeness (QED) is 0.0460. The van der Waals surface area contributed by atoms with Gasteiger partial charge in [-0.3, -0.25) is 19.5 Å². The number of methoxy groups -OCH3 is 2. The number of unbranched alkanes of at least 4 members (excludes halogenated alkanes) is 2. The van der Waals surface area contributed by atoms with Gasteiger partial charge in [-0.05, 0) is 91.3 Å². The summed E-state index contributed by atoms with van der Waals surface area (Å²) in [6.45, 7) is 3.09. The van der Waals surface area contributed by atoms with Crippen molar-refractivity contribution in [3.05, 3.63) is 125 Å². The van der Waals surface area contributed by atoms with Crippen molar-refractivity contribution in [2.24, 2.45) is 4.99 Å². The van der Waals surface area contributed by atoms with E-state index in [0.29, 0.717) is 54.7 Å². The normalized spacial score (nSPS) is 15.1. The van der Waals surface area contributed by atoms with Crippen LogP contribution in [0.5, 0.6) is 23.0 Å². The Bertz CT molecular complexity index is 2420. The zero-order valence-corrected chi connectivity index (χ0v) is 36.5. The number of carbonyl (C=O) groups is 3. The zero-order valence-electron chi connectivity index (χ0n) is 36.5. The molecule has 7 rings (SSSR count). The number of benzene rings is 5. The lowest BCUT2D eigenvalue weighted by Crippen LogP contribution is -2.44. The lowest BCUT2D eigenvalue weighted by molar-refractivity contribution is -0.107. The number of aldehydes is 1. The highest BCUT2D eigenvalue weighted by Crippen LogP contribution is 2.39. The fourth-order valence-corrected chi connectivity index (χ4v) is 8.11. The second-order valence-corrected chi connectivity index (χ2v) is 15.6. The van der Waals surface area contributed by atoms with E-state index >= 15 is 0 Å². The molecular weight excluding hydrogens is 799 g/mol. The molecule has 0 bridgehead atoms. The summed E-state index contributed by atoms with van der Waals surface area (Å²) in [7, 11) is 6.99. The molecule has 13 nitrogen and oxygen atoms in total. The third kappa shape index (κ3) is 10.2. The van der Waals surface area contributed by atoms with Crippen LogP contribution in [0, 0.1) is 6.92 Å². The maximum Gasteiger partial charge on any atom is 0.414 e. The summed E-state index contributed by atoms with van der Waals surface area (Å²) in [5, 5.41) is 3.10. The SMILES string of the molecule is CNc1ccc(COC(=O)N(CC2Cc3ccccc3N2C)c2cc(OCCCCCOc3cc(N=C[C@@H]4Cc5ccccc5N4C=O)c(C)cc3OC)c(OC)cc2C=O)cc1.